The summed E-state index contributed by atoms with van der Waals surface area (Å²) in [7, 11) is 1.95. The third-order valence-corrected chi connectivity index (χ3v) is 5.53. The molecule has 0 bridgehead atoms. The van der Waals surface area contributed by atoms with Gasteiger partial charge in [-0.1, -0.05) is 30.8 Å². The van der Waals surface area contributed by atoms with Crippen molar-refractivity contribution in [1.29, 1.82) is 5.26 Å². The molecule has 3 aromatic rings. The molecule has 1 atom stereocenters. The highest BCUT2D eigenvalue weighted by atomic mass is 16.5. The van der Waals surface area contributed by atoms with Crippen LogP contribution >= 0.6 is 0 Å². The number of hydrogen-bond donors (Lipinski definition) is 2. The molecule has 2 N–H and O–H groups in total. The Kier molecular flexibility index (Phi) is 8.45. The Labute approximate surface area is 206 Å². The summed E-state index contributed by atoms with van der Waals surface area (Å²) in [5, 5.41) is 22.0. The van der Waals surface area contributed by atoms with Gasteiger partial charge < -0.3 is 19.7 Å². The Morgan fingerprint density at radius 1 is 1.26 bits per heavy atom. The Bertz CT molecular complexity index is 1240. The van der Waals surface area contributed by atoms with E-state index in [0.29, 0.717) is 29.7 Å². The lowest BCUT2D eigenvalue weighted by molar-refractivity contribution is 0.0930. The smallest absolute Gasteiger partial charge is 0.251 e. The second kappa shape index (κ2) is 11.5. The summed E-state index contributed by atoms with van der Waals surface area (Å²) in [6.07, 6.45) is 2.87. The standard InChI is InChI=1S/C28H32N4O3/c1-18(2)27-31-25(17-32(27)5)21-8-6-20(7-9-21)14-24(12-13-33)30-28(34)22-10-11-26(35-19(3)4)23(15-22)16-29/h6-11,15,17,19,24,33H,1,12-14H2,2-5H3,(H,30,34)/t24-/m1/s1. The molecule has 1 amide bonds. The fourth-order valence-electron chi connectivity index (χ4n) is 3.86. The lowest BCUT2D eigenvalue weighted by Gasteiger charge is -2.19. The van der Waals surface area contributed by atoms with E-state index in [1.807, 2.05) is 62.8 Å². The van der Waals surface area contributed by atoms with Crippen molar-refractivity contribution in [3.8, 4) is 23.1 Å². The SMILES string of the molecule is C=C(C)c1nc(-c2ccc(C[C@@H](CCO)NC(=O)c3ccc(OC(C)C)c(C#N)c3)cc2)cn1C. The van der Waals surface area contributed by atoms with Gasteiger partial charge in [0.25, 0.3) is 5.91 Å². The number of nitrogens with one attached hydrogen (secondary N) is 1. The van der Waals surface area contributed by atoms with Crippen LogP contribution in [0.2, 0.25) is 0 Å². The predicted molar refractivity (Wildman–Crippen MR) is 137 cm³/mol. The molecule has 0 unspecified atom stereocenters. The van der Waals surface area contributed by atoms with Crippen LogP contribution in [0.1, 0.15) is 54.5 Å². The van der Waals surface area contributed by atoms with Gasteiger partial charge in [0.05, 0.1) is 17.4 Å². The fraction of sp³-hybridized carbons (Fsp3) is 0.321. The normalized spacial score (nSPS) is 11.7. The van der Waals surface area contributed by atoms with E-state index >= 15 is 0 Å². The van der Waals surface area contributed by atoms with Crippen molar-refractivity contribution in [3.05, 3.63) is 77.8 Å². The Balaban J connectivity index is 1.71. The van der Waals surface area contributed by atoms with Gasteiger partial charge in [0.1, 0.15) is 17.6 Å². The number of aryl methyl sites for hydroxylation is 1. The summed E-state index contributed by atoms with van der Waals surface area (Å²) in [4.78, 5) is 17.5. The number of nitrogens with zero attached hydrogens (tertiary/aromatic N) is 3. The number of aliphatic hydroxyl groups is 1. The molecule has 0 saturated carbocycles. The van der Waals surface area contributed by atoms with Crippen molar-refractivity contribution in [2.24, 2.45) is 7.05 Å². The zero-order valence-electron chi connectivity index (χ0n) is 20.7. The zero-order chi connectivity index (χ0) is 25.5. The number of aromatic nitrogens is 2. The van der Waals surface area contributed by atoms with Gasteiger partial charge in [0.15, 0.2) is 0 Å². The molecule has 0 saturated heterocycles. The van der Waals surface area contributed by atoms with E-state index in [2.05, 4.69) is 22.9 Å². The van der Waals surface area contributed by atoms with E-state index in [1.54, 1.807) is 12.1 Å². The first-order chi connectivity index (χ1) is 16.7. The van der Waals surface area contributed by atoms with Gasteiger partial charge in [-0.2, -0.15) is 5.26 Å². The number of imidazole rings is 1. The molecule has 7 heteroatoms. The number of allylic oxidation sites excluding steroid dienone is 1. The van der Waals surface area contributed by atoms with E-state index in [1.165, 1.54) is 6.07 Å². The molecule has 2 aromatic carbocycles. The number of carbonyl (C=O) groups excluding carboxylic acids is 1. The highest BCUT2D eigenvalue weighted by molar-refractivity contribution is 5.95. The van der Waals surface area contributed by atoms with Crippen molar-refractivity contribution >= 4 is 11.5 Å². The first-order valence-corrected chi connectivity index (χ1v) is 11.6. The average Bonchev–Trinajstić information content (AvgIpc) is 3.21. The number of aliphatic hydroxyl groups excluding tert-OH is 1. The van der Waals surface area contributed by atoms with Crippen LogP contribution < -0.4 is 10.1 Å². The minimum Gasteiger partial charge on any atom is -0.490 e. The molecule has 0 aliphatic heterocycles. The molecule has 3 rings (SSSR count). The lowest BCUT2D eigenvalue weighted by atomic mass is 10.0. The van der Waals surface area contributed by atoms with Crippen molar-refractivity contribution < 1.29 is 14.6 Å². The highest BCUT2D eigenvalue weighted by Gasteiger charge is 2.17. The topological polar surface area (TPSA) is 100 Å². The summed E-state index contributed by atoms with van der Waals surface area (Å²) in [6, 6.07) is 14.7. The van der Waals surface area contributed by atoms with Crippen LogP contribution in [-0.4, -0.2) is 39.3 Å². The van der Waals surface area contributed by atoms with E-state index in [9.17, 15) is 15.2 Å². The van der Waals surface area contributed by atoms with Crippen molar-refractivity contribution in [1.82, 2.24) is 14.9 Å². The first-order valence-electron chi connectivity index (χ1n) is 11.6. The fourth-order valence-corrected chi connectivity index (χ4v) is 3.86. The predicted octanol–water partition coefficient (Wildman–Crippen LogP) is 4.50. The van der Waals surface area contributed by atoms with Gasteiger partial charge in [-0.05, 0) is 62.9 Å². The summed E-state index contributed by atoms with van der Waals surface area (Å²) in [6.45, 7) is 9.60. The molecule has 0 fully saturated rings. The summed E-state index contributed by atoms with van der Waals surface area (Å²) >= 11 is 0. The number of amides is 1. The van der Waals surface area contributed by atoms with Crippen molar-refractivity contribution in [3.63, 3.8) is 0 Å². The summed E-state index contributed by atoms with van der Waals surface area (Å²) < 4.78 is 7.59. The molecule has 0 radical (unpaired) electrons. The lowest BCUT2D eigenvalue weighted by Crippen LogP contribution is -2.37. The molecule has 0 aliphatic carbocycles. The summed E-state index contributed by atoms with van der Waals surface area (Å²) in [5.41, 5.74) is 4.48. The third-order valence-electron chi connectivity index (χ3n) is 5.53. The molecule has 7 nitrogen and oxygen atoms in total. The van der Waals surface area contributed by atoms with Crippen LogP contribution in [-0.2, 0) is 13.5 Å². The van der Waals surface area contributed by atoms with E-state index in [4.69, 9.17) is 4.74 Å². The van der Waals surface area contributed by atoms with E-state index < -0.39 is 0 Å². The Hall–Kier alpha value is -3.89. The van der Waals surface area contributed by atoms with Gasteiger partial charge in [-0.15, -0.1) is 0 Å². The Morgan fingerprint density at radius 2 is 1.97 bits per heavy atom. The summed E-state index contributed by atoms with van der Waals surface area (Å²) in [5.74, 6) is 1.00. The van der Waals surface area contributed by atoms with Crippen LogP contribution in [0.3, 0.4) is 0 Å². The molecule has 35 heavy (non-hydrogen) atoms. The largest absolute Gasteiger partial charge is 0.490 e. The maximum atomic E-state index is 12.9. The van der Waals surface area contributed by atoms with Crippen LogP contribution in [0.4, 0.5) is 0 Å². The molecule has 0 aliphatic rings. The number of carbonyl (C=O) groups is 1. The van der Waals surface area contributed by atoms with Gasteiger partial charge >= 0.3 is 0 Å². The highest BCUT2D eigenvalue weighted by Crippen LogP contribution is 2.23. The molecule has 182 valence electrons. The van der Waals surface area contributed by atoms with Crippen LogP contribution in [0, 0.1) is 11.3 Å². The van der Waals surface area contributed by atoms with Crippen LogP contribution in [0.5, 0.6) is 5.75 Å². The molecule has 1 heterocycles. The Morgan fingerprint density at radius 3 is 2.54 bits per heavy atom. The molecule has 1 aromatic heterocycles. The molecular formula is C28H32N4O3. The number of nitriles is 1. The molecule has 0 spiro atoms. The maximum absolute atomic E-state index is 12.9. The van der Waals surface area contributed by atoms with Crippen molar-refractivity contribution in [2.45, 2.75) is 45.8 Å². The van der Waals surface area contributed by atoms with Gasteiger partial charge in [-0.25, -0.2) is 4.98 Å². The minimum absolute atomic E-state index is 0.0503. The second-order valence-electron chi connectivity index (χ2n) is 8.91. The first kappa shape index (κ1) is 25.7. The van der Waals surface area contributed by atoms with Gasteiger partial charge in [0.2, 0.25) is 0 Å². The average molecular weight is 473 g/mol. The van der Waals surface area contributed by atoms with E-state index in [-0.39, 0.29) is 24.7 Å². The van der Waals surface area contributed by atoms with Gasteiger partial charge in [-0.3, -0.25) is 4.79 Å². The second-order valence-corrected chi connectivity index (χ2v) is 8.91. The zero-order valence-corrected chi connectivity index (χ0v) is 20.7. The monoisotopic (exact) mass is 472 g/mol. The molecular weight excluding hydrogens is 440 g/mol. The van der Waals surface area contributed by atoms with E-state index in [0.717, 1.165) is 28.2 Å². The minimum atomic E-state index is -0.298. The number of ether oxygens (including phenoxy) is 1. The van der Waals surface area contributed by atoms with Gasteiger partial charge in [0, 0.05) is 37.0 Å². The van der Waals surface area contributed by atoms with Crippen LogP contribution in [0.25, 0.3) is 16.8 Å². The maximum Gasteiger partial charge on any atom is 0.251 e. The number of hydrogen-bond acceptors (Lipinski definition) is 5. The number of rotatable bonds is 10. The number of benzene rings is 2. The quantitative estimate of drug-likeness (QED) is 0.452. The van der Waals surface area contributed by atoms with Crippen molar-refractivity contribution in [2.75, 3.05) is 6.61 Å². The third kappa shape index (κ3) is 6.58. The van der Waals surface area contributed by atoms with Crippen LogP contribution in [0.15, 0.2) is 55.2 Å².